The van der Waals surface area contributed by atoms with Crippen molar-refractivity contribution in [3.05, 3.63) is 28.8 Å². The van der Waals surface area contributed by atoms with Crippen LogP contribution in [0.2, 0.25) is 5.02 Å². The first-order valence-electron chi connectivity index (χ1n) is 3.64. The van der Waals surface area contributed by atoms with Crippen molar-refractivity contribution < 1.29 is 18.0 Å². The third-order valence-electron chi connectivity index (χ3n) is 1.53. The van der Waals surface area contributed by atoms with E-state index in [0.717, 1.165) is 18.2 Å². The van der Waals surface area contributed by atoms with Gasteiger partial charge in [-0.25, -0.2) is 0 Å². The average Bonchev–Trinajstić information content (AvgIpc) is 2.06. The Morgan fingerprint density at radius 1 is 1.40 bits per heavy atom. The molecule has 0 unspecified atom stereocenters. The molecule has 2 nitrogen and oxygen atoms in total. The summed E-state index contributed by atoms with van der Waals surface area (Å²) in [6.07, 6.45) is -4.46. The van der Waals surface area contributed by atoms with E-state index in [2.05, 4.69) is 21.2 Å². The molecule has 1 aromatic carbocycles. The Labute approximate surface area is 96.5 Å². The molecule has 0 aliphatic carbocycles. The molecule has 0 saturated carbocycles. The van der Waals surface area contributed by atoms with Crippen LogP contribution in [0.1, 0.15) is 5.56 Å². The van der Waals surface area contributed by atoms with E-state index in [-0.39, 0.29) is 10.7 Å². The van der Waals surface area contributed by atoms with E-state index in [1.54, 1.807) is 0 Å². The lowest BCUT2D eigenvalue weighted by molar-refractivity contribution is -0.137. The quantitative estimate of drug-likeness (QED) is 0.608. The molecule has 15 heavy (non-hydrogen) atoms. The monoisotopic (exact) mass is 301 g/mol. The van der Waals surface area contributed by atoms with E-state index in [9.17, 15) is 18.0 Å². The number of carbonyl (C=O) groups is 1. The number of alkyl halides is 3. The summed E-state index contributed by atoms with van der Waals surface area (Å²) in [6, 6.07) is 2.68. The summed E-state index contributed by atoms with van der Waals surface area (Å²) in [6.45, 7) is 0. The van der Waals surface area contributed by atoms with Gasteiger partial charge in [0.2, 0.25) is 0 Å². The number of rotatable bonds is 1. The van der Waals surface area contributed by atoms with Crippen LogP contribution in [-0.2, 0) is 6.18 Å². The van der Waals surface area contributed by atoms with Gasteiger partial charge in [0.05, 0.1) is 16.3 Å². The maximum Gasteiger partial charge on any atom is 0.416 e. The lowest BCUT2D eigenvalue weighted by Crippen LogP contribution is -2.07. The number of hydrogen-bond acceptors (Lipinski definition) is 1. The molecule has 0 aromatic heterocycles. The second-order valence-corrected chi connectivity index (χ2v) is 3.72. The van der Waals surface area contributed by atoms with Crippen LogP contribution in [0.4, 0.5) is 23.7 Å². The summed E-state index contributed by atoms with van der Waals surface area (Å²) >= 11 is 8.12. The Kier molecular flexibility index (Phi) is 3.62. The third-order valence-corrected chi connectivity index (χ3v) is 2.05. The smallest absolute Gasteiger partial charge is 0.315 e. The molecule has 1 amide bonds. The van der Waals surface area contributed by atoms with Gasteiger partial charge in [-0.2, -0.15) is 13.2 Å². The summed E-state index contributed by atoms with van der Waals surface area (Å²) in [5, 5.41) is 2.17. The summed E-state index contributed by atoms with van der Waals surface area (Å²) in [5.74, 6) is 0. The van der Waals surface area contributed by atoms with E-state index in [4.69, 9.17) is 11.6 Å². The Balaban J connectivity index is 3.11. The Hall–Kier alpha value is -0.750. The minimum Gasteiger partial charge on any atom is -0.315 e. The van der Waals surface area contributed by atoms with Crippen LogP contribution in [0.3, 0.4) is 0 Å². The molecule has 7 heteroatoms. The molecule has 0 atom stereocenters. The highest BCUT2D eigenvalue weighted by Crippen LogP contribution is 2.33. The van der Waals surface area contributed by atoms with Crippen LogP contribution >= 0.6 is 27.5 Å². The zero-order valence-corrected chi connectivity index (χ0v) is 9.37. The highest BCUT2D eigenvalue weighted by Gasteiger charge is 2.31. The first-order valence-corrected chi connectivity index (χ1v) is 4.81. The number of hydrogen-bond donors (Lipinski definition) is 1. The Morgan fingerprint density at radius 2 is 2.00 bits per heavy atom. The summed E-state index contributed by atoms with van der Waals surface area (Å²) in [4.78, 5) is 9.93. The largest absolute Gasteiger partial charge is 0.416 e. The van der Waals surface area contributed by atoms with Crippen molar-refractivity contribution in [1.29, 1.82) is 0 Å². The Morgan fingerprint density at radius 3 is 2.47 bits per heavy atom. The van der Waals surface area contributed by atoms with E-state index in [1.807, 2.05) is 0 Å². The topological polar surface area (TPSA) is 29.1 Å². The van der Waals surface area contributed by atoms with Gasteiger partial charge in [0.15, 0.2) is 0 Å². The van der Waals surface area contributed by atoms with Crippen LogP contribution in [0.25, 0.3) is 0 Å². The summed E-state index contributed by atoms with van der Waals surface area (Å²) in [7, 11) is 0. The fourth-order valence-electron chi connectivity index (χ4n) is 0.903. The molecular weight excluding hydrogens is 298 g/mol. The van der Waals surface area contributed by atoms with Crippen molar-refractivity contribution in [2.45, 2.75) is 6.18 Å². The standard InChI is InChI=1S/C8H4BrClF3NO/c9-7(15)14-6-3-4(8(11,12)13)1-2-5(6)10/h1-3H,(H,14,15). The van der Waals surface area contributed by atoms with Gasteiger partial charge in [-0.3, -0.25) is 4.79 Å². The molecular formula is C8H4BrClF3NO. The molecule has 0 heterocycles. The van der Waals surface area contributed by atoms with E-state index < -0.39 is 16.6 Å². The molecule has 1 aromatic rings. The van der Waals surface area contributed by atoms with Gasteiger partial charge >= 0.3 is 6.18 Å². The summed E-state index contributed by atoms with van der Waals surface area (Å²) in [5.41, 5.74) is -0.962. The molecule has 0 fully saturated rings. The van der Waals surface area contributed by atoms with Crippen molar-refractivity contribution in [3.8, 4) is 0 Å². The first kappa shape index (κ1) is 12.3. The molecule has 0 bridgehead atoms. The highest BCUT2D eigenvalue weighted by molar-refractivity contribution is 9.18. The fraction of sp³-hybridized carbons (Fsp3) is 0.125. The number of benzene rings is 1. The van der Waals surface area contributed by atoms with Crippen LogP contribution < -0.4 is 5.32 Å². The van der Waals surface area contributed by atoms with Crippen LogP contribution in [0.5, 0.6) is 0 Å². The number of halogens is 5. The van der Waals surface area contributed by atoms with Gasteiger partial charge in [0, 0.05) is 15.9 Å². The molecule has 1 rings (SSSR count). The summed E-state index contributed by atoms with van der Waals surface area (Å²) < 4.78 is 36.8. The van der Waals surface area contributed by atoms with Gasteiger partial charge in [-0.15, -0.1) is 0 Å². The van der Waals surface area contributed by atoms with E-state index >= 15 is 0 Å². The van der Waals surface area contributed by atoms with Gasteiger partial charge in [0.1, 0.15) is 0 Å². The molecule has 0 aliphatic heterocycles. The van der Waals surface area contributed by atoms with E-state index in [0.29, 0.717) is 0 Å². The van der Waals surface area contributed by atoms with E-state index in [1.165, 1.54) is 0 Å². The number of carbonyl (C=O) groups excluding carboxylic acids is 1. The number of nitrogens with one attached hydrogen (secondary N) is 1. The SMILES string of the molecule is O=C(Br)Nc1cc(C(F)(F)F)ccc1Cl. The molecule has 0 aliphatic rings. The third kappa shape index (κ3) is 3.39. The van der Waals surface area contributed by atoms with Crippen molar-refractivity contribution in [3.63, 3.8) is 0 Å². The molecule has 0 saturated heterocycles. The average molecular weight is 302 g/mol. The second-order valence-electron chi connectivity index (χ2n) is 2.59. The normalized spacial score (nSPS) is 11.3. The molecule has 0 radical (unpaired) electrons. The van der Waals surface area contributed by atoms with Crippen molar-refractivity contribution >= 4 is 38.0 Å². The van der Waals surface area contributed by atoms with Crippen LogP contribution in [-0.4, -0.2) is 4.82 Å². The van der Waals surface area contributed by atoms with Gasteiger partial charge in [-0.1, -0.05) is 11.6 Å². The predicted octanol–water partition coefficient (Wildman–Crippen LogP) is 4.29. The predicted molar refractivity (Wildman–Crippen MR) is 54.4 cm³/mol. The minimum atomic E-state index is -4.46. The molecule has 0 spiro atoms. The second kappa shape index (κ2) is 4.40. The molecule has 1 N–H and O–H groups in total. The lowest BCUT2D eigenvalue weighted by atomic mass is 10.2. The minimum absolute atomic E-state index is 0.0378. The van der Waals surface area contributed by atoms with Gasteiger partial charge < -0.3 is 5.32 Å². The number of anilines is 1. The maximum atomic E-state index is 12.3. The van der Waals surface area contributed by atoms with Crippen LogP contribution in [0, 0.1) is 0 Å². The van der Waals surface area contributed by atoms with Crippen molar-refractivity contribution in [1.82, 2.24) is 0 Å². The maximum absolute atomic E-state index is 12.3. The first-order chi connectivity index (χ1) is 6.80. The number of amides is 1. The molecule has 82 valence electrons. The zero-order valence-electron chi connectivity index (χ0n) is 7.03. The lowest BCUT2D eigenvalue weighted by Gasteiger charge is -2.09. The van der Waals surface area contributed by atoms with Crippen molar-refractivity contribution in [2.75, 3.05) is 5.32 Å². The highest BCUT2D eigenvalue weighted by atomic mass is 79.9. The van der Waals surface area contributed by atoms with Crippen LogP contribution in [0.15, 0.2) is 18.2 Å². The van der Waals surface area contributed by atoms with Crippen molar-refractivity contribution in [2.24, 2.45) is 0 Å². The van der Waals surface area contributed by atoms with Gasteiger partial charge in [0.25, 0.3) is 4.82 Å². The van der Waals surface area contributed by atoms with Gasteiger partial charge in [-0.05, 0) is 18.2 Å². The fourth-order valence-corrected chi connectivity index (χ4v) is 1.28. The zero-order chi connectivity index (χ0) is 11.6. The Bertz CT molecular complexity index is 394.